The highest BCUT2D eigenvalue weighted by Gasteiger charge is 2.70. The summed E-state index contributed by atoms with van der Waals surface area (Å²) in [6.07, 6.45) is 0.198. The second kappa shape index (κ2) is 8.29. The van der Waals surface area contributed by atoms with Crippen LogP contribution in [-0.2, 0) is 32.9 Å². The summed E-state index contributed by atoms with van der Waals surface area (Å²) >= 11 is 6.28. The third-order valence-corrected chi connectivity index (χ3v) is 7.75. The zero-order chi connectivity index (χ0) is 26.1. The number of anilines is 1. The van der Waals surface area contributed by atoms with Gasteiger partial charge >= 0.3 is 0 Å². The fourth-order valence-electron chi connectivity index (χ4n) is 5.89. The van der Waals surface area contributed by atoms with E-state index in [2.05, 4.69) is 10.6 Å². The lowest BCUT2D eigenvalue weighted by atomic mass is 9.76. The molecule has 4 N–H and O–H groups in total. The maximum atomic E-state index is 13.9. The van der Waals surface area contributed by atoms with Gasteiger partial charge in [0.2, 0.25) is 17.7 Å². The molecule has 3 amide bonds. The first-order chi connectivity index (χ1) is 17.7. The Morgan fingerprint density at radius 3 is 2.38 bits per heavy atom. The summed E-state index contributed by atoms with van der Waals surface area (Å²) in [6.45, 7) is -0.0578. The van der Waals surface area contributed by atoms with E-state index in [4.69, 9.17) is 11.6 Å². The van der Waals surface area contributed by atoms with Crippen LogP contribution in [0.2, 0.25) is 5.02 Å². The summed E-state index contributed by atoms with van der Waals surface area (Å²) in [4.78, 5) is 42.3. The molecule has 188 valence electrons. The molecule has 3 aromatic rings. The van der Waals surface area contributed by atoms with Crippen molar-refractivity contribution in [3.63, 3.8) is 0 Å². The molecule has 0 radical (unpaired) electrons. The number of carbonyl (C=O) groups is 3. The number of phenols is 2. The third-order valence-electron chi connectivity index (χ3n) is 7.52. The quantitative estimate of drug-likeness (QED) is 0.309. The van der Waals surface area contributed by atoms with E-state index in [-0.39, 0.29) is 24.5 Å². The van der Waals surface area contributed by atoms with Gasteiger partial charge in [-0.15, -0.1) is 0 Å². The van der Waals surface area contributed by atoms with E-state index in [0.717, 1.165) is 4.90 Å². The lowest BCUT2D eigenvalue weighted by Crippen LogP contribution is -2.53. The molecule has 37 heavy (non-hydrogen) atoms. The first-order valence-corrected chi connectivity index (χ1v) is 12.1. The molecule has 0 bridgehead atoms. The molecule has 1 spiro atoms. The minimum absolute atomic E-state index is 0.0578. The fourth-order valence-corrected chi connectivity index (χ4v) is 6.06. The van der Waals surface area contributed by atoms with Crippen LogP contribution in [0.3, 0.4) is 0 Å². The molecule has 3 aliphatic rings. The average molecular weight is 522 g/mol. The van der Waals surface area contributed by atoms with Gasteiger partial charge in [0, 0.05) is 22.3 Å². The molecule has 3 aromatic carbocycles. The number of likely N-dealkylation sites (tertiary alicyclic amines) is 1. The van der Waals surface area contributed by atoms with Crippen molar-refractivity contribution in [2.75, 3.05) is 5.32 Å². The van der Waals surface area contributed by atoms with Crippen molar-refractivity contribution < 1.29 is 29.0 Å². The predicted octanol–water partition coefficient (Wildman–Crippen LogP) is 3.05. The SMILES string of the molecule is O=C1[C@@H]2[C@H](Cc3ccc(O)c(O)c3)N[C@@]3(C(=O)Nc4ccc(Cl)cc43)[C@@H]2C(=O)N1Cc1ccc(F)cc1. The minimum atomic E-state index is -1.53. The Balaban J connectivity index is 1.44. The maximum Gasteiger partial charge on any atom is 0.250 e. The molecule has 6 rings (SSSR count). The van der Waals surface area contributed by atoms with Crippen molar-refractivity contribution in [2.24, 2.45) is 11.8 Å². The summed E-state index contributed by atoms with van der Waals surface area (Å²) in [5.74, 6) is -4.38. The standard InChI is InChI=1S/C27H21ClFN3O5/c28-15-4-7-18-17(11-15)27(26(37)30-18)23-22(19(31-27)9-14-3-8-20(33)21(34)10-14)24(35)32(25(23)36)12-13-1-5-16(29)6-2-13/h1-8,10-11,19,22-23,31,33-34H,9,12H2,(H,30,37)/t19-,22+,23-,27+/m0/s1. The Morgan fingerprint density at radius 2 is 1.65 bits per heavy atom. The van der Waals surface area contributed by atoms with Gasteiger partial charge in [0.05, 0.1) is 18.4 Å². The molecule has 2 saturated heterocycles. The molecule has 0 aromatic heterocycles. The van der Waals surface area contributed by atoms with E-state index in [1.54, 1.807) is 24.3 Å². The van der Waals surface area contributed by atoms with Crippen LogP contribution in [-0.4, -0.2) is 38.9 Å². The Hall–Kier alpha value is -3.95. The highest BCUT2D eigenvalue weighted by atomic mass is 35.5. The van der Waals surface area contributed by atoms with Crippen LogP contribution >= 0.6 is 11.6 Å². The molecule has 0 aliphatic carbocycles. The number of phenolic OH excluding ortho intramolecular Hbond substituents is 2. The van der Waals surface area contributed by atoms with E-state index in [1.807, 2.05) is 0 Å². The number of hydrogen-bond donors (Lipinski definition) is 4. The molecule has 10 heteroatoms. The van der Waals surface area contributed by atoms with Crippen LogP contribution in [0.4, 0.5) is 10.1 Å². The summed E-state index contributed by atoms with van der Waals surface area (Å²) in [7, 11) is 0. The number of rotatable bonds is 4. The number of fused-ring (bicyclic) bond motifs is 4. The lowest BCUT2D eigenvalue weighted by Gasteiger charge is -2.29. The van der Waals surface area contributed by atoms with Crippen LogP contribution < -0.4 is 10.6 Å². The second-order valence-electron chi connectivity index (χ2n) is 9.62. The molecule has 8 nitrogen and oxygen atoms in total. The largest absolute Gasteiger partial charge is 0.504 e. The van der Waals surface area contributed by atoms with Gasteiger partial charge in [-0.05, 0) is 60.0 Å². The Morgan fingerprint density at radius 1 is 0.919 bits per heavy atom. The number of hydrogen-bond acceptors (Lipinski definition) is 6. The normalized spacial score (nSPS) is 26.1. The first kappa shape index (κ1) is 23.4. The summed E-state index contributed by atoms with van der Waals surface area (Å²) in [6, 6.07) is 14.1. The van der Waals surface area contributed by atoms with Crippen molar-refractivity contribution in [1.82, 2.24) is 10.2 Å². The van der Waals surface area contributed by atoms with Gasteiger partial charge in [0.15, 0.2) is 11.5 Å². The Bertz CT molecular complexity index is 1480. The average Bonchev–Trinajstić information content (AvgIpc) is 3.43. The van der Waals surface area contributed by atoms with Gasteiger partial charge in [-0.1, -0.05) is 29.8 Å². The topological polar surface area (TPSA) is 119 Å². The highest BCUT2D eigenvalue weighted by molar-refractivity contribution is 6.31. The number of nitrogens with zero attached hydrogens (tertiary/aromatic N) is 1. The number of benzene rings is 3. The van der Waals surface area contributed by atoms with Crippen molar-refractivity contribution >= 4 is 35.0 Å². The fraction of sp³-hybridized carbons (Fsp3) is 0.222. The third kappa shape index (κ3) is 3.49. The van der Waals surface area contributed by atoms with Crippen LogP contribution in [0.5, 0.6) is 11.5 Å². The molecule has 0 saturated carbocycles. The van der Waals surface area contributed by atoms with Crippen LogP contribution in [0.25, 0.3) is 0 Å². The van der Waals surface area contributed by atoms with Crippen molar-refractivity contribution in [3.8, 4) is 11.5 Å². The molecular formula is C27H21ClFN3O5. The minimum Gasteiger partial charge on any atom is -0.504 e. The summed E-state index contributed by atoms with van der Waals surface area (Å²) in [5.41, 5.74) is 0.635. The summed E-state index contributed by atoms with van der Waals surface area (Å²) in [5, 5.41) is 26.2. The zero-order valence-corrected chi connectivity index (χ0v) is 20.0. The van der Waals surface area contributed by atoms with E-state index >= 15 is 0 Å². The number of imide groups is 1. The Labute approximate surface area is 215 Å². The van der Waals surface area contributed by atoms with Crippen LogP contribution in [0.15, 0.2) is 60.7 Å². The molecule has 3 heterocycles. The number of carbonyl (C=O) groups excluding carboxylic acids is 3. The summed E-state index contributed by atoms with van der Waals surface area (Å²) < 4.78 is 13.4. The Kier molecular flexibility index (Phi) is 5.25. The second-order valence-corrected chi connectivity index (χ2v) is 10.1. The van der Waals surface area contributed by atoms with Gasteiger partial charge < -0.3 is 15.5 Å². The molecular weight excluding hydrogens is 501 g/mol. The number of amides is 3. The molecule has 0 unspecified atom stereocenters. The van der Waals surface area contributed by atoms with Gasteiger partial charge in [-0.3, -0.25) is 24.6 Å². The smallest absolute Gasteiger partial charge is 0.250 e. The number of halogens is 2. The van der Waals surface area contributed by atoms with Crippen LogP contribution in [0, 0.1) is 17.7 Å². The molecule has 3 aliphatic heterocycles. The van der Waals surface area contributed by atoms with Gasteiger partial charge in [0.1, 0.15) is 11.4 Å². The highest BCUT2D eigenvalue weighted by Crippen LogP contribution is 2.54. The van der Waals surface area contributed by atoms with Gasteiger partial charge in [-0.25, -0.2) is 4.39 Å². The van der Waals surface area contributed by atoms with Crippen molar-refractivity contribution in [1.29, 1.82) is 0 Å². The van der Waals surface area contributed by atoms with Crippen LogP contribution in [0.1, 0.15) is 16.7 Å². The number of nitrogens with one attached hydrogen (secondary N) is 2. The first-order valence-electron chi connectivity index (χ1n) is 11.7. The van der Waals surface area contributed by atoms with Crippen molar-refractivity contribution in [2.45, 2.75) is 24.5 Å². The van der Waals surface area contributed by atoms with E-state index in [9.17, 15) is 29.0 Å². The van der Waals surface area contributed by atoms with Gasteiger partial charge in [0.25, 0.3) is 0 Å². The van der Waals surface area contributed by atoms with Crippen molar-refractivity contribution in [3.05, 3.63) is 88.2 Å². The zero-order valence-electron chi connectivity index (χ0n) is 19.2. The lowest BCUT2D eigenvalue weighted by molar-refractivity contribution is -0.143. The van der Waals surface area contributed by atoms with E-state index in [1.165, 1.54) is 36.4 Å². The van der Waals surface area contributed by atoms with E-state index < -0.39 is 47.0 Å². The molecule has 2 fully saturated rings. The van der Waals surface area contributed by atoms with E-state index in [0.29, 0.717) is 27.4 Å². The maximum absolute atomic E-state index is 13.9. The van der Waals surface area contributed by atoms with Gasteiger partial charge in [-0.2, -0.15) is 0 Å². The predicted molar refractivity (Wildman–Crippen MR) is 131 cm³/mol. The number of aromatic hydroxyl groups is 2. The molecule has 4 atom stereocenters. The monoisotopic (exact) mass is 521 g/mol.